The zero-order valence-electron chi connectivity index (χ0n) is 6.81. The molecule has 2 rings (SSSR count). The van der Waals surface area contributed by atoms with Gasteiger partial charge >= 0.3 is 5.97 Å². The second-order valence-electron chi connectivity index (χ2n) is 3.64. The van der Waals surface area contributed by atoms with Crippen LogP contribution in [-0.4, -0.2) is 11.1 Å². The highest BCUT2D eigenvalue weighted by atomic mass is 16.4. The predicted octanol–water partition coefficient (Wildman–Crippen LogP) is 1.84. The van der Waals surface area contributed by atoms with Crippen LogP contribution in [-0.2, 0) is 4.79 Å². The Balaban J connectivity index is 1.99. The summed E-state index contributed by atoms with van der Waals surface area (Å²) in [5.74, 6) is 0.988. The van der Waals surface area contributed by atoms with Crippen molar-refractivity contribution in [1.82, 2.24) is 0 Å². The quantitative estimate of drug-likeness (QED) is 0.499. The van der Waals surface area contributed by atoms with Crippen molar-refractivity contribution in [3.8, 4) is 0 Å². The van der Waals surface area contributed by atoms with Crippen molar-refractivity contribution in [2.24, 2.45) is 17.8 Å². The van der Waals surface area contributed by atoms with Gasteiger partial charge in [-0.2, -0.15) is 0 Å². The summed E-state index contributed by atoms with van der Waals surface area (Å²) < 4.78 is 0. The van der Waals surface area contributed by atoms with E-state index in [0.717, 1.165) is 12.3 Å². The van der Waals surface area contributed by atoms with Crippen LogP contribution in [0.5, 0.6) is 0 Å². The van der Waals surface area contributed by atoms with Crippen LogP contribution in [0.3, 0.4) is 0 Å². The predicted molar refractivity (Wildman–Crippen MR) is 45.6 cm³/mol. The van der Waals surface area contributed by atoms with E-state index in [0.29, 0.717) is 11.8 Å². The zero-order chi connectivity index (χ0) is 8.55. The minimum absolute atomic E-state index is 0.482. The molecule has 1 N–H and O–H groups in total. The van der Waals surface area contributed by atoms with Gasteiger partial charge in [-0.3, -0.25) is 0 Å². The molecule has 0 amide bonds. The van der Waals surface area contributed by atoms with E-state index in [1.807, 2.05) is 6.08 Å². The SMILES string of the molecule is O=C(O)/C=C/C1C[C@@H]2C=C[C@H]1C2. The third-order valence-corrected chi connectivity index (χ3v) is 2.82. The van der Waals surface area contributed by atoms with Crippen molar-refractivity contribution in [2.45, 2.75) is 12.8 Å². The number of carboxylic acids is 1. The lowest BCUT2D eigenvalue weighted by Gasteiger charge is -2.12. The van der Waals surface area contributed by atoms with Crippen LogP contribution in [0.1, 0.15) is 12.8 Å². The lowest BCUT2D eigenvalue weighted by Crippen LogP contribution is -2.03. The van der Waals surface area contributed by atoms with Gasteiger partial charge in [-0.15, -0.1) is 0 Å². The summed E-state index contributed by atoms with van der Waals surface area (Å²) >= 11 is 0. The molecule has 2 heteroatoms. The van der Waals surface area contributed by atoms with E-state index in [1.54, 1.807) is 0 Å². The minimum Gasteiger partial charge on any atom is -0.478 e. The normalized spacial score (nSPS) is 38.2. The minimum atomic E-state index is -0.832. The number of allylic oxidation sites excluding steroid dienone is 3. The Kier molecular flexibility index (Phi) is 1.75. The number of aliphatic carboxylic acids is 1. The molecule has 2 aliphatic rings. The Bertz CT molecular complexity index is 253. The Labute approximate surface area is 71.6 Å². The molecule has 0 aliphatic heterocycles. The second-order valence-corrected chi connectivity index (χ2v) is 3.64. The topological polar surface area (TPSA) is 37.3 Å². The van der Waals surface area contributed by atoms with Crippen LogP contribution in [0.2, 0.25) is 0 Å². The van der Waals surface area contributed by atoms with Crippen molar-refractivity contribution in [1.29, 1.82) is 0 Å². The maximum Gasteiger partial charge on any atom is 0.327 e. The standard InChI is InChI=1S/C10H12O2/c11-10(12)4-3-9-6-7-1-2-8(9)5-7/h1-4,7-9H,5-6H2,(H,11,12)/b4-3+/t7-,8+,9?/m1/s1. The van der Waals surface area contributed by atoms with Crippen molar-refractivity contribution < 1.29 is 9.90 Å². The fourth-order valence-electron chi connectivity index (χ4n) is 2.25. The zero-order valence-corrected chi connectivity index (χ0v) is 6.81. The van der Waals surface area contributed by atoms with Crippen molar-refractivity contribution in [2.75, 3.05) is 0 Å². The van der Waals surface area contributed by atoms with Crippen molar-refractivity contribution in [3.05, 3.63) is 24.3 Å². The lowest BCUT2D eigenvalue weighted by molar-refractivity contribution is -0.131. The summed E-state index contributed by atoms with van der Waals surface area (Å²) in [5, 5.41) is 8.44. The average Bonchev–Trinajstić information content (AvgIpc) is 2.60. The Hall–Kier alpha value is -1.05. The van der Waals surface area contributed by atoms with Gasteiger partial charge in [0, 0.05) is 6.08 Å². The van der Waals surface area contributed by atoms with E-state index < -0.39 is 5.97 Å². The van der Waals surface area contributed by atoms with E-state index in [9.17, 15) is 4.79 Å². The highest BCUT2D eigenvalue weighted by Gasteiger charge is 2.33. The van der Waals surface area contributed by atoms with Gasteiger partial charge in [-0.25, -0.2) is 4.79 Å². The van der Waals surface area contributed by atoms with E-state index in [4.69, 9.17) is 5.11 Å². The van der Waals surface area contributed by atoms with Gasteiger partial charge in [0.1, 0.15) is 0 Å². The van der Waals surface area contributed by atoms with E-state index >= 15 is 0 Å². The number of fused-ring (bicyclic) bond motifs is 2. The smallest absolute Gasteiger partial charge is 0.327 e. The summed E-state index contributed by atoms with van der Waals surface area (Å²) in [5.41, 5.74) is 0. The summed E-state index contributed by atoms with van der Waals surface area (Å²) in [6, 6.07) is 0. The van der Waals surface area contributed by atoms with Gasteiger partial charge in [0.05, 0.1) is 0 Å². The van der Waals surface area contributed by atoms with Crippen LogP contribution in [0.15, 0.2) is 24.3 Å². The molecule has 2 nitrogen and oxygen atoms in total. The van der Waals surface area contributed by atoms with Gasteiger partial charge in [-0.1, -0.05) is 18.2 Å². The van der Waals surface area contributed by atoms with E-state index in [1.165, 1.54) is 12.5 Å². The molecule has 3 atom stereocenters. The lowest BCUT2D eigenvalue weighted by atomic mass is 9.93. The van der Waals surface area contributed by atoms with Crippen LogP contribution in [0.25, 0.3) is 0 Å². The van der Waals surface area contributed by atoms with Crippen molar-refractivity contribution >= 4 is 5.97 Å². The average molecular weight is 164 g/mol. The molecular weight excluding hydrogens is 152 g/mol. The molecule has 0 heterocycles. The van der Waals surface area contributed by atoms with E-state index in [-0.39, 0.29) is 0 Å². The maximum absolute atomic E-state index is 10.3. The molecule has 0 radical (unpaired) electrons. The van der Waals surface area contributed by atoms with Gasteiger partial charge in [0.15, 0.2) is 0 Å². The number of carboxylic acid groups (broad SMARTS) is 1. The summed E-state index contributed by atoms with van der Waals surface area (Å²) in [6.07, 6.45) is 9.98. The molecule has 0 aromatic carbocycles. The summed E-state index contributed by atoms with van der Waals surface area (Å²) in [6.45, 7) is 0. The van der Waals surface area contributed by atoms with Crippen LogP contribution in [0.4, 0.5) is 0 Å². The number of rotatable bonds is 2. The number of carbonyl (C=O) groups is 1. The van der Waals surface area contributed by atoms with Crippen molar-refractivity contribution in [3.63, 3.8) is 0 Å². The monoisotopic (exact) mass is 164 g/mol. The molecule has 1 fully saturated rings. The molecule has 0 spiro atoms. The first kappa shape index (κ1) is 7.59. The van der Waals surface area contributed by atoms with Gasteiger partial charge < -0.3 is 5.11 Å². The van der Waals surface area contributed by atoms with Crippen LogP contribution < -0.4 is 0 Å². The molecule has 1 saturated carbocycles. The Morgan fingerprint density at radius 1 is 1.42 bits per heavy atom. The Morgan fingerprint density at radius 2 is 2.25 bits per heavy atom. The van der Waals surface area contributed by atoms with Crippen LogP contribution >= 0.6 is 0 Å². The van der Waals surface area contributed by atoms with E-state index in [2.05, 4.69) is 12.2 Å². The molecule has 0 aromatic heterocycles. The Morgan fingerprint density at radius 3 is 2.75 bits per heavy atom. The first-order valence-electron chi connectivity index (χ1n) is 4.35. The number of hydrogen-bond acceptors (Lipinski definition) is 1. The fraction of sp³-hybridized carbons (Fsp3) is 0.500. The molecule has 0 aromatic rings. The molecule has 64 valence electrons. The summed E-state index contributed by atoms with van der Waals surface area (Å²) in [7, 11) is 0. The maximum atomic E-state index is 10.3. The van der Waals surface area contributed by atoms with Gasteiger partial charge in [-0.05, 0) is 30.6 Å². The molecule has 2 aliphatic carbocycles. The first-order valence-corrected chi connectivity index (χ1v) is 4.35. The molecule has 2 bridgehead atoms. The van der Waals surface area contributed by atoms with Gasteiger partial charge in [0.25, 0.3) is 0 Å². The summed E-state index contributed by atoms with van der Waals surface area (Å²) in [4.78, 5) is 10.3. The van der Waals surface area contributed by atoms with Gasteiger partial charge in [0.2, 0.25) is 0 Å². The highest BCUT2D eigenvalue weighted by molar-refractivity contribution is 5.79. The first-order chi connectivity index (χ1) is 5.75. The molecule has 12 heavy (non-hydrogen) atoms. The second kappa shape index (κ2) is 2.77. The van der Waals surface area contributed by atoms with Crippen LogP contribution in [0, 0.1) is 17.8 Å². The highest BCUT2D eigenvalue weighted by Crippen LogP contribution is 2.43. The third-order valence-electron chi connectivity index (χ3n) is 2.82. The largest absolute Gasteiger partial charge is 0.478 e. The third kappa shape index (κ3) is 1.29. The molecule has 1 unspecified atom stereocenters. The molecular formula is C10H12O2. The number of hydrogen-bond donors (Lipinski definition) is 1. The molecule has 0 saturated heterocycles. The fourth-order valence-corrected chi connectivity index (χ4v) is 2.25.